The van der Waals surface area contributed by atoms with Gasteiger partial charge in [-0.25, -0.2) is 19.3 Å². The maximum atomic E-state index is 12.3. The number of aromatic nitrogens is 8. The van der Waals surface area contributed by atoms with Gasteiger partial charge in [0.15, 0.2) is 11.5 Å². The lowest BCUT2D eigenvalue weighted by molar-refractivity contribution is 0.334. The highest BCUT2D eigenvalue weighted by atomic mass is 16.1. The van der Waals surface area contributed by atoms with Crippen molar-refractivity contribution in [3.8, 4) is 5.82 Å². The fourth-order valence-corrected chi connectivity index (χ4v) is 4.02. The van der Waals surface area contributed by atoms with E-state index in [1.807, 2.05) is 32.4 Å². The van der Waals surface area contributed by atoms with E-state index in [-0.39, 0.29) is 5.56 Å². The van der Waals surface area contributed by atoms with Crippen molar-refractivity contribution < 1.29 is 0 Å². The molecule has 4 aromatic rings. The summed E-state index contributed by atoms with van der Waals surface area (Å²) in [4.78, 5) is 23.8. The van der Waals surface area contributed by atoms with E-state index in [2.05, 4.69) is 30.2 Å². The number of hydrogen-bond donors (Lipinski definition) is 0. The van der Waals surface area contributed by atoms with E-state index in [9.17, 15) is 4.79 Å². The molecule has 0 N–H and O–H groups in total. The van der Waals surface area contributed by atoms with Crippen LogP contribution in [0.15, 0.2) is 41.6 Å². The minimum atomic E-state index is -0.0863. The Bertz CT molecular complexity index is 1230. The summed E-state index contributed by atoms with van der Waals surface area (Å²) in [5, 5.41) is 14.0. The van der Waals surface area contributed by atoms with Crippen LogP contribution in [0.2, 0.25) is 0 Å². The van der Waals surface area contributed by atoms with Crippen molar-refractivity contribution >= 4 is 16.9 Å². The van der Waals surface area contributed by atoms with Crippen molar-refractivity contribution in [2.24, 2.45) is 13.0 Å². The van der Waals surface area contributed by atoms with Crippen LogP contribution in [0.3, 0.4) is 0 Å². The molecule has 4 aromatic heterocycles. The summed E-state index contributed by atoms with van der Waals surface area (Å²) in [5.74, 6) is 2.72. The number of anilines is 1. The van der Waals surface area contributed by atoms with Crippen LogP contribution in [0.4, 0.5) is 5.82 Å². The Kier molecular flexibility index (Phi) is 4.53. The monoisotopic (exact) mass is 405 g/mol. The summed E-state index contributed by atoms with van der Waals surface area (Å²) >= 11 is 0. The first kappa shape index (κ1) is 18.5. The Morgan fingerprint density at radius 2 is 1.97 bits per heavy atom. The molecule has 0 saturated carbocycles. The molecule has 1 saturated heterocycles. The quantitative estimate of drug-likeness (QED) is 0.505. The molecule has 0 radical (unpaired) electrons. The molecule has 5 rings (SSSR count). The van der Waals surface area contributed by atoms with Gasteiger partial charge in [0.1, 0.15) is 11.6 Å². The molecule has 1 aliphatic rings. The molecule has 10 heteroatoms. The van der Waals surface area contributed by atoms with E-state index in [1.165, 1.54) is 0 Å². The number of rotatable bonds is 4. The van der Waals surface area contributed by atoms with Gasteiger partial charge in [-0.2, -0.15) is 10.2 Å². The fourth-order valence-electron chi connectivity index (χ4n) is 4.02. The van der Waals surface area contributed by atoms with Crippen molar-refractivity contribution in [3.63, 3.8) is 0 Å². The van der Waals surface area contributed by atoms with Gasteiger partial charge in [-0.3, -0.25) is 9.48 Å². The zero-order valence-corrected chi connectivity index (χ0v) is 17.0. The van der Waals surface area contributed by atoms with Gasteiger partial charge in [0.25, 0.3) is 5.56 Å². The Hall–Kier alpha value is -3.56. The molecule has 0 aromatic carbocycles. The van der Waals surface area contributed by atoms with Gasteiger partial charge in [-0.05, 0) is 37.8 Å². The maximum Gasteiger partial charge on any atom is 0.266 e. The first-order chi connectivity index (χ1) is 14.6. The maximum absolute atomic E-state index is 12.3. The molecule has 1 fully saturated rings. The molecule has 0 bridgehead atoms. The SMILES string of the molecule is Cc1nc(N2CCC(Cn3nc(-n4cccn4)ccc3=O)CC2)c2cnn(C)c2n1. The van der Waals surface area contributed by atoms with Crippen molar-refractivity contribution in [3.05, 3.63) is 53.0 Å². The van der Waals surface area contributed by atoms with E-state index in [1.54, 1.807) is 32.4 Å². The lowest BCUT2D eigenvalue weighted by Crippen LogP contribution is -2.37. The Balaban J connectivity index is 1.32. The Morgan fingerprint density at radius 3 is 2.73 bits per heavy atom. The summed E-state index contributed by atoms with van der Waals surface area (Å²) in [7, 11) is 1.90. The molecule has 0 amide bonds. The van der Waals surface area contributed by atoms with Gasteiger partial charge in [0.05, 0.1) is 11.6 Å². The predicted molar refractivity (Wildman–Crippen MR) is 112 cm³/mol. The fraction of sp³-hybridized carbons (Fsp3) is 0.400. The molecule has 30 heavy (non-hydrogen) atoms. The number of fused-ring (bicyclic) bond motifs is 1. The van der Waals surface area contributed by atoms with E-state index < -0.39 is 0 Å². The third-order valence-electron chi connectivity index (χ3n) is 5.62. The number of nitrogens with zero attached hydrogens (tertiary/aromatic N) is 9. The number of piperidine rings is 1. The van der Waals surface area contributed by atoms with Crippen molar-refractivity contribution in [2.75, 3.05) is 18.0 Å². The minimum absolute atomic E-state index is 0.0863. The van der Waals surface area contributed by atoms with Crippen LogP contribution in [0.25, 0.3) is 16.9 Å². The Morgan fingerprint density at radius 1 is 1.13 bits per heavy atom. The van der Waals surface area contributed by atoms with Crippen LogP contribution in [0.1, 0.15) is 18.7 Å². The van der Waals surface area contributed by atoms with Crippen molar-refractivity contribution in [1.29, 1.82) is 0 Å². The van der Waals surface area contributed by atoms with E-state index in [0.29, 0.717) is 18.3 Å². The van der Waals surface area contributed by atoms with Crippen LogP contribution < -0.4 is 10.5 Å². The number of aryl methyl sites for hydroxylation is 2. The smallest absolute Gasteiger partial charge is 0.266 e. The third kappa shape index (κ3) is 3.34. The molecular formula is C20H23N9O. The predicted octanol–water partition coefficient (Wildman–Crippen LogP) is 1.33. The van der Waals surface area contributed by atoms with Crippen molar-refractivity contribution in [2.45, 2.75) is 26.3 Å². The second kappa shape index (κ2) is 7.36. The molecule has 0 atom stereocenters. The average Bonchev–Trinajstić information content (AvgIpc) is 3.41. The van der Waals surface area contributed by atoms with Crippen molar-refractivity contribution in [1.82, 2.24) is 39.3 Å². The second-order valence-electron chi connectivity index (χ2n) is 7.69. The highest BCUT2D eigenvalue weighted by Gasteiger charge is 2.24. The lowest BCUT2D eigenvalue weighted by atomic mass is 9.96. The summed E-state index contributed by atoms with van der Waals surface area (Å²) in [6.45, 7) is 4.26. The first-order valence-corrected chi connectivity index (χ1v) is 10.1. The summed E-state index contributed by atoms with van der Waals surface area (Å²) in [5.41, 5.74) is 0.766. The van der Waals surface area contributed by atoms with Crippen LogP contribution >= 0.6 is 0 Å². The van der Waals surface area contributed by atoms with Gasteiger partial charge in [0, 0.05) is 45.1 Å². The van der Waals surface area contributed by atoms with E-state index in [0.717, 1.165) is 48.6 Å². The van der Waals surface area contributed by atoms with Gasteiger partial charge in [-0.1, -0.05) is 0 Å². The molecular weight excluding hydrogens is 382 g/mol. The first-order valence-electron chi connectivity index (χ1n) is 10.1. The van der Waals surface area contributed by atoms with E-state index >= 15 is 0 Å². The van der Waals surface area contributed by atoms with E-state index in [4.69, 9.17) is 0 Å². The summed E-state index contributed by atoms with van der Waals surface area (Å²) in [6.07, 6.45) is 7.27. The third-order valence-corrected chi connectivity index (χ3v) is 5.62. The molecule has 1 aliphatic heterocycles. The highest BCUT2D eigenvalue weighted by Crippen LogP contribution is 2.28. The summed E-state index contributed by atoms with van der Waals surface area (Å²) in [6, 6.07) is 5.09. The molecule has 5 heterocycles. The van der Waals surface area contributed by atoms with Crippen LogP contribution in [0.5, 0.6) is 0 Å². The van der Waals surface area contributed by atoms with Gasteiger partial charge < -0.3 is 4.90 Å². The van der Waals surface area contributed by atoms with Crippen LogP contribution in [0, 0.1) is 12.8 Å². The minimum Gasteiger partial charge on any atom is -0.356 e. The zero-order valence-electron chi connectivity index (χ0n) is 17.0. The van der Waals surface area contributed by atoms with Gasteiger partial charge in [-0.15, -0.1) is 5.10 Å². The van der Waals surface area contributed by atoms with Crippen LogP contribution in [-0.4, -0.2) is 52.4 Å². The molecule has 0 aliphatic carbocycles. The van der Waals surface area contributed by atoms with Gasteiger partial charge >= 0.3 is 0 Å². The van der Waals surface area contributed by atoms with Crippen LogP contribution in [-0.2, 0) is 13.6 Å². The molecule has 10 nitrogen and oxygen atoms in total. The molecule has 154 valence electrons. The Labute approximate surface area is 172 Å². The largest absolute Gasteiger partial charge is 0.356 e. The molecule has 0 spiro atoms. The highest BCUT2D eigenvalue weighted by molar-refractivity contribution is 5.87. The second-order valence-corrected chi connectivity index (χ2v) is 7.69. The molecule has 0 unspecified atom stereocenters. The number of hydrogen-bond acceptors (Lipinski definition) is 7. The summed E-state index contributed by atoms with van der Waals surface area (Å²) < 4.78 is 5.01. The lowest BCUT2D eigenvalue weighted by Gasteiger charge is -2.33. The standard InChI is InChI=1S/C20H23N9O/c1-14-23-19-16(12-22-26(19)2)20(24-14)27-10-6-15(7-11-27)13-29-18(30)5-4-17(25-29)28-9-3-8-21-28/h3-5,8-9,12,15H,6-7,10-11,13H2,1-2H3. The van der Waals surface area contributed by atoms with Gasteiger partial charge in [0.2, 0.25) is 0 Å². The normalized spacial score (nSPS) is 15.2. The topological polar surface area (TPSA) is 99.5 Å². The average molecular weight is 405 g/mol. The zero-order chi connectivity index (χ0) is 20.7.